The maximum atomic E-state index is 11.6. The van der Waals surface area contributed by atoms with Crippen LogP contribution in [0.25, 0.3) is 5.69 Å². The highest BCUT2D eigenvalue weighted by Gasteiger charge is 2.11. The van der Waals surface area contributed by atoms with Gasteiger partial charge in [-0.25, -0.2) is 4.68 Å². The lowest BCUT2D eigenvalue weighted by Crippen LogP contribution is -2.23. The molecule has 0 radical (unpaired) electrons. The maximum absolute atomic E-state index is 11.6. The van der Waals surface area contributed by atoms with Crippen LogP contribution < -0.4 is 0 Å². The number of aromatic nitrogens is 2. The van der Waals surface area contributed by atoms with Crippen LogP contribution in [0.1, 0.15) is 0 Å². The summed E-state index contributed by atoms with van der Waals surface area (Å²) in [5, 5.41) is 5.33. The van der Waals surface area contributed by atoms with Crippen molar-refractivity contribution in [3.8, 4) is 5.69 Å². The highest BCUT2D eigenvalue weighted by Crippen LogP contribution is 2.27. The molecule has 1 aromatic heterocycles. The van der Waals surface area contributed by atoms with Gasteiger partial charge in [0.2, 0.25) is 5.91 Å². The van der Waals surface area contributed by atoms with Crippen molar-refractivity contribution >= 4 is 64.4 Å². The van der Waals surface area contributed by atoms with Gasteiger partial charge >= 0.3 is 0 Å². The number of thioether (sulfide) groups is 1. The zero-order valence-electron chi connectivity index (χ0n) is 11.2. The summed E-state index contributed by atoms with van der Waals surface area (Å²) >= 11 is 19.9. The number of hydrogen-bond donors (Lipinski definition) is 0. The molecule has 21 heavy (non-hydrogen) atoms. The molecule has 112 valence electrons. The molecule has 0 saturated heterocycles. The summed E-state index contributed by atoms with van der Waals surface area (Å²) < 4.78 is 2.94. The summed E-state index contributed by atoms with van der Waals surface area (Å²) in [7, 11) is 3.44. The van der Waals surface area contributed by atoms with E-state index in [9.17, 15) is 4.79 Å². The molecule has 9 heteroatoms. The van der Waals surface area contributed by atoms with E-state index in [1.807, 2.05) is 0 Å². The van der Waals surface area contributed by atoms with Crippen molar-refractivity contribution in [2.45, 2.75) is 4.34 Å². The molecule has 1 heterocycles. The van der Waals surface area contributed by atoms with Crippen LogP contribution in [0.4, 0.5) is 0 Å². The van der Waals surface area contributed by atoms with Crippen LogP contribution in [0.3, 0.4) is 0 Å². The van der Waals surface area contributed by atoms with Crippen molar-refractivity contribution in [1.82, 2.24) is 14.7 Å². The molecule has 0 spiro atoms. The Bertz CT molecular complexity index is 727. The first-order valence-electron chi connectivity index (χ1n) is 5.77. The second-order valence-corrected chi connectivity index (χ2v) is 7.88. The van der Waals surface area contributed by atoms with Gasteiger partial charge in [-0.15, -0.1) is 5.10 Å². The van der Waals surface area contributed by atoms with Crippen LogP contribution >= 0.6 is 58.5 Å². The summed E-state index contributed by atoms with van der Waals surface area (Å²) in [6, 6.07) is 5.20. The van der Waals surface area contributed by atoms with Gasteiger partial charge in [0.25, 0.3) is 0 Å². The predicted molar refractivity (Wildman–Crippen MR) is 91.7 cm³/mol. The lowest BCUT2D eigenvalue weighted by atomic mass is 10.3. The van der Waals surface area contributed by atoms with Crippen LogP contribution in [-0.2, 0) is 4.79 Å². The van der Waals surface area contributed by atoms with Gasteiger partial charge in [-0.05, 0) is 30.4 Å². The first-order valence-corrected chi connectivity index (χ1v) is 8.73. The number of halogens is 2. The Kier molecular flexibility index (Phi) is 5.67. The van der Waals surface area contributed by atoms with Crippen LogP contribution in [-0.4, -0.2) is 40.4 Å². The number of hydrogen-bond acceptors (Lipinski definition) is 5. The van der Waals surface area contributed by atoms with E-state index >= 15 is 0 Å². The Morgan fingerprint density at radius 2 is 2.14 bits per heavy atom. The normalized spacial score (nSPS) is 10.7. The molecule has 0 aliphatic carbocycles. The molecule has 0 atom stereocenters. The van der Waals surface area contributed by atoms with Crippen LogP contribution in [0.15, 0.2) is 22.5 Å². The SMILES string of the molecule is CN(C)C(=O)CSc1nn(-c2ccc(Cl)c(Cl)c2)c(=S)s1. The third-order valence-electron chi connectivity index (χ3n) is 2.49. The molecule has 0 aliphatic heterocycles. The van der Waals surface area contributed by atoms with E-state index in [2.05, 4.69) is 5.10 Å². The van der Waals surface area contributed by atoms with Gasteiger partial charge in [-0.1, -0.05) is 46.3 Å². The van der Waals surface area contributed by atoms with E-state index in [1.165, 1.54) is 23.1 Å². The van der Waals surface area contributed by atoms with Crippen molar-refractivity contribution in [1.29, 1.82) is 0 Å². The maximum Gasteiger partial charge on any atom is 0.232 e. The average Bonchev–Trinajstić information content (AvgIpc) is 2.80. The number of amides is 1. The quantitative estimate of drug-likeness (QED) is 0.590. The Morgan fingerprint density at radius 1 is 1.43 bits per heavy atom. The van der Waals surface area contributed by atoms with Gasteiger partial charge < -0.3 is 4.90 Å². The van der Waals surface area contributed by atoms with E-state index < -0.39 is 0 Å². The van der Waals surface area contributed by atoms with E-state index in [1.54, 1.807) is 41.9 Å². The van der Waals surface area contributed by atoms with Gasteiger partial charge in [-0.3, -0.25) is 4.79 Å². The monoisotopic (exact) mass is 379 g/mol. The average molecular weight is 380 g/mol. The molecule has 0 aliphatic rings. The van der Waals surface area contributed by atoms with E-state index in [0.29, 0.717) is 19.8 Å². The Balaban J connectivity index is 2.21. The third kappa shape index (κ3) is 4.20. The van der Waals surface area contributed by atoms with Crippen molar-refractivity contribution in [2.24, 2.45) is 0 Å². The smallest absolute Gasteiger partial charge is 0.232 e. The molecule has 1 amide bonds. The number of carbonyl (C=O) groups excluding carboxylic acids is 1. The standard InChI is InChI=1S/C12H11Cl2N3OS3/c1-16(2)10(18)6-20-11-15-17(12(19)21-11)7-3-4-8(13)9(14)5-7/h3-5H,6H2,1-2H3. The fourth-order valence-electron chi connectivity index (χ4n) is 1.35. The molecule has 0 bridgehead atoms. The first-order chi connectivity index (χ1) is 9.88. The second-order valence-electron chi connectivity index (χ2n) is 4.22. The van der Waals surface area contributed by atoms with Crippen LogP contribution in [0.5, 0.6) is 0 Å². The molecule has 0 unspecified atom stereocenters. The number of carbonyl (C=O) groups is 1. The minimum absolute atomic E-state index is 0.0298. The molecular formula is C12H11Cl2N3OS3. The summed E-state index contributed by atoms with van der Waals surface area (Å²) in [6.07, 6.45) is 0. The second kappa shape index (κ2) is 7.11. The Hall–Kier alpha value is -0.600. The highest BCUT2D eigenvalue weighted by atomic mass is 35.5. The van der Waals surface area contributed by atoms with Gasteiger partial charge in [-0.2, -0.15) is 0 Å². The first kappa shape index (κ1) is 16.8. The van der Waals surface area contributed by atoms with E-state index in [-0.39, 0.29) is 5.91 Å². The number of rotatable bonds is 4. The largest absolute Gasteiger partial charge is 0.348 e. The zero-order chi connectivity index (χ0) is 15.6. The van der Waals surface area contributed by atoms with E-state index in [0.717, 1.165) is 10.0 Å². The van der Waals surface area contributed by atoms with Gasteiger partial charge in [0.1, 0.15) is 0 Å². The fourth-order valence-corrected chi connectivity index (χ4v) is 3.98. The number of benzene rings is 1. The lowest BCUT2D eigenvalue weighted by molar-refractivity contribution is -0.125. The molecule has 2 rings (SSSR count). The highest BCUT2D eigenvalue weighted by molar-refractivity contribution is 8.01. The van der Waals surface area contributed by atoms with Gasteiger partial charge in [0.15, 0.2) is 8.29 Å². The molecular weight excluding hydrogens is 369 g/mol. The Morgan fingerprint density at radius 3 is 2.76 bits per heavy atom. The van der Waals surface area contributed by atoms with Crippen LogP contribution in [0, 0.1) is 3.95 Å². The third-order valence-corrected chi connectivity index (χ3v) is 5.58. The number of nitrogens with zero attached hydrogens (tertiary/aromatic N) is 3. The molecule has 1 aromatic carbocycles. The van der Waals surface area contributed by atoms with E-state index in [4.69, 9.17) is 35.4 Å². The topological polar surface area (TPSA) is 38.1 Å². The summed E-state index contributed by atoms with van der Waals surface area (Å²) in [4.78, 5) is 13.1. The summed E-state index contributed by atoms with van der Waals surface area (Å²) in [5.74, 6) is 0.360. The minimum Gasteiger partial charge on any atom is -0.348 e. The van der Waals surface area contributed by atoms with Crippen molar-refractivity contribution < 1.29 is 4.79 Å². The van der Waals surface area contributed by atoms with Crippen molar-refractivity contribution in [3.63, 3.8) is 0 Å². The van der Waals surface area contributed by atoms with Crippen LogP contribution in [0.2, 0.25) is 10.0 Å². The fraction of sp³-hybridized carbons (Fsp3) is 0.250. The van der Waals surface area contributed by atoms with Crippen molar-refractivity contribution in [3.05, 3.63) is 32.2 Å². The Labute approximate surface area is 145 Å². The molecule has 0 saturated carbocycles. The molecule has 4 nitrogen and oxygen atoms in total. The predicted octanol–water partition coefficient (Wildman–Crippen LogP) is 4.15. The minimum atomic E-state index is 0.0298. The summed E-state index contributed by atoms with van der Waals surface area (Å²) in [6.45, 7) is 0. The molecule has 0 N–H and O–H groups in total. The lowest BCUT2D eigenvalue weighted by Gasteiger charge is -2.08. The zero-order valence-corrected chi connectivity index (χ0v) is 15.1. The molecule has 0 fully saturated rings. The van der Waals surface area contributed by atoms with Crippen molar-refractivity contribution in [2.75, 3.05) is 19.8 Å². The van der Waals surface area contributed by atoms with Gasteiger partial charge in [0, 0.05) is 14.1 Å². The van der Waals surface area contributed by atoms with Gasteiger partial charge in [0.05, 0.1) is 21.5 Å². The summed E-state index contributed by atoms with van der Waals surface area (Å²) in [5.41, 5.74) is 0.747. The molecule has 2 aromatic rings.